The molecule has 104 valence electrons. The molecule has 5 nitrogen and oxygen atoms in total. The van der Waals surface area contributed by atoms with Gasteiger partial charge in [0.15, 0.2) is 0 Å². The molecule has 0 bridgehead atoms. The van der Waals surface area contributed by atoms with Gasteiger partial charge >= 0.3 is 5.97 Å². The first-order valence-electron chi connectivity index (χ1n) is 5.65. The van der Waals surface area contributed by atoms with Gasteiger partial charge < -0.3 is 5.11 Å². The number of rotatable bonds is 7. The van der Waals surface area contributed by atoms with Gasteiger partial charge in [-0.1, -0.05) is 6.92 Å². The van der Waals surface area contributed by atoms with E-state index in [1.807, 2.05) is 6.92 Å². The second-order valence-corrected chi connectivity index (χ2v) is 7.04. The number of nitrogens with one attached hydrogen (secondary N) is 1. The Balaban J connectivity index is 2.85. The van der Waals surface area contributed by atoms with Gasteiger partial charge in [-0.15, -0.1) is 23.7 Å². The maximum atomic E-state index is 12.1. The van der Waals surface area contributed by atoms with Crippen LogP contribution in [-0.2, 0) is 21.2 Å². The molecule has 1 aromatic heterocycles. The molecule has 0 saturated carbocycles. The first-order valence-corrected chi connectivity index (χ1v) is 7.95. The normalized spacial score (nSPS) is 12.8. The van der Waals surface area contributed by atoms with Crippen LogP contribution in [0.2, 0.25) is 0 Å². The van der Waals surface area contributed by atoms with E-state index in [9.17, 15) is 13.2 Å². The van der Waals surface area contributed by atoms with Crippen molar-refractivity contribution in [2.24, 2.45) is 0 Å². The van der Waals surface area contributed by atoms with Gasteiger partial charge in [0.05, 0.1) is 6.42 Å². The molecule has 0 saturated heterocycles. The second-order valence-electron chi connectivity index (χ2n) is 3.93. The standard InChI is InChI=1S/C12H15NO4S2/c1-3-5-9(4-2)13-19(16,17)12-7-6-10(18-12)8-11(14)15/h1,6-7,9,13H,4-5,8H2,2H3,(H,14,15). The highest BCUT2D eigenvalue weighted by Gasteiger charge is 2.20. The summed E-state index contributed by atoms with van der Waals surface area (Å²) >= 11 is 0.956. The summed E-state index contributed by atoms with van der Waals surface area (Å²) in [4.78, 5) is 11.1. The predicted molar refractivity (Wildman–Crippen MR) is 73.5 cm³/mol. The second kappa shape index (κ2) is 6.70. The number of carboxylic acid groups (broad SMARTS) is 1. The van der Waals surface area contributed by atoms with Gasteiger partial charge in [-0.25, -0.2) is 13.1 Å². The molecule has 1 heterocycles. The van der Waals surface area contributed by atoms with Crippen LogP contribution in [0.5, 0.6) is 0 Å². The van der Waals surface area contributed by atoms with Crippen LogP contribution in [0.1, 0.15) is 24.6 Å². The summed E-state index contributed by atoms with van der Waals surface area (Å²) in [5.41, 5.74) is 0. The fraction of sp³-hybridized carbons (Fsp3) is 0.417. The van der Waals surface area contributed by atoms with E-state index in [2.05, 4.69) is 10.6 Å². The largest absolute Gasteiger partial charge is 0.481 e. The minimum Gasteiger partial charge on any atom is -0.481 e. The van der Waals surface area contributed by atoms with Crippen LogP contribution < -0.4 is 4.72 Å². The van der Waals surface area contributed by atoms with Crippen molar-refractivity contribution in [3.63, 3.8) is 0 Å². The Morgan fingerprint density at radius 1 is 1.58 bits per heavy atom. The molecule has 0 spiro atoms. The number of carboxylic acids is 1. The SMILES string of the molecule is C#CCC(CC)NS(=O)(=O)c1ccc(CC(=O)O)s1. The van der Waals surface area contributed by atoms with E-state index in [-0.39, 0.29) is 16.7 Å². The summed E-state index contributed by atoms with van der Waals surface area (Å²) in [6.45, 7) is 1.84. The number of thiophene rings is 1. The number of hydrogen-bond donors (Lipinski definition) is 2. The molecule has 1 unspecified atom stereocenters. The third kappa shape index (κ3) is 4.67. The van der Waals surface area contributed by atoms with Gasteiger partial charge in [0.25, 0.3) is 0 Å². The quantitative estimate of drug-likeness (QED) is 0.747. The Hall–Kier alpha value is -1.36. The number of carbonyl (C=O) groups is 1. The third-order valence-corrected chi connectivity index (χ3v) is 5.50. The van der Waals surface area contributed by atoms with Crippen molar-refractivity contribution in [1.82, 2.24) is 4.72 Å². The molecular formula is C12H15NO4S2. The van der Waals surface area contributed by atoms with Gasteiger partial charge in [-0.05, 0) is 18.6 Å². The highest BCUT2D eigenvalue weighted by Crippen LogP contribution is 2.22. The highest BCUT2D eigenvalue weighted by molar-refractivity contribution is 7.91. The van der Waals surface area contributed by atoms with E-state index in [1.54, 1.807) is 0 Å². The predicted octanol–water partition coefficient (Wildman–Crippen LogP) is 1.46. The van der Waals surface area contributed by atoms with Crippen molar-refractivity contribution in [1.29, 1.82) is 0 Å². The summed E-state index contributed by atoms with van der Waals surface area (Å²) in [5, 5.41) is 8.65. The number of terminal acetylenes is 1. The highest BCUT2D eigenvalue weighted by atomic mass is 32.2. The van der Waals surface area contributed by atoms with Crippen molar-refractivity contribution in [2.45, 2.75) is 36.4 Å². The maximum absolute atomic E-state index is 12.1. The molecule has 1 atom stereocenters. The molecule has 0 fully saturated rings. The molecule has 0 aliphatic rings. The molecule has 0 amide bonds. The van der Waals surface area contributed by atoms with Gasteiger partial charge in [-0.2, -0.15) is 0 Å². The monoisotopic (exact) mass is 301 g/mol. The number of hydrogen-bond acceptors (Lipinski definition) is 4. The van der Waals surface area contributed by atoms with E-state index in [0.29, 0.717) is 17.7 Å². The fourth-order valence-corrected chi connectivity index (χ4v) is 4.12. The molecule has 0 aliphatic heterocycles. The van der Waals surface area contributed by atoms with Crippen LogP contribution in [0.15, 0.2) is 16.3 Å². The average Bonchev–Trinajstić information content (AvgIpc) is 2.76. The first kappa shape index (κ1) is 15.7. The maximum Gasteiger partial charge on any atom is 0.308 e. The fourth-order valence-electron chi connectivity index (χ4n) is 1.44. The molecule has 19 heavy (non-hydrogen) atoms. The smallest absolute Gasteiger partial charge is 0.308 e. The van der Waals surface area contributed by atoms with Gasteiger partial charge in [0.1, 0.15) is 4.21 Å². The topological polar surface area (TPSA) is 83.5 Å². The van der Waals surface area contributed by atoms with Crippen molar-refractivity contribution in [2.75, 3.05) is 0 Å². The van der Waals surface area contributed by atoms with Crippen molar-refractivity contribution < 1.29 is 18.3 Å². The average molecular weight is 301 g/mol. The number of sulfonamides is 1. The minimum absolute atomic E-state index is 0.110. The van der Waals surface area contributed by atoms with Crippen LogP contribution in [0.3, 0.4) is 0 Å². The minimum atomic E-state index is -3.63. The Bertz CT molecular complexity index is 583. The molecule has 2 N–H and O–H groups in total. The van der Waals surface area contributed by atoms with Crippen LogP contribution in [0.4, 0.5) is 0 Å². The van der Waals surface area contributed by atoms with Crippen LogP contribution in [0.25, 0.3) is 0 Å². The summed E-state index contributed by atoms with van der Waals surface area (Å²) in [5.74, 6) is 1.43. The van der Waals surface area contributed by atoms with Crippen molar-refractivity contribution >= 4 is 27.3 Å². The first-order chi connectivity index (χ1) is 8.89. The lowest BCUT2D eigenvalue weighted by Gasteiger charge is -2.13. The summed E-state index contributed by atoms with van der Waals surface area (Å²) in [7, 11) is -3.63. The lowest BCUT2D eigenvalue weighted by Crippen LogP contribution is -2.33. The van der Waals surface area contributed by atoms with Gasteiger partial charge in [-0.3, -0.25) is 4.79 Å². The van der Waals surface area contributed by atoms with E-state index in [1.165, 1.54) is 12.1 Å². The van der Waals surface area contributed by atoms with E-state index < -0.39 is 16.0 Å². The van der Waals surface area contributed by atoms with Crippen LogP contribution in [0, 0.1) is 12.3 Å². The van der Waals surface area contributed by atoms with Crippen molar-refractivity contribution in [3.8, 4) is 12.3 Å². The molecular weight excluding hydrogens is 286 g/mol. The lowest BCUT2D eigenvalue weighted by atomic mass is 10.2. The van der Waals surface area contributed by atoms with Crippen molar-refractivity contribution in [3.05, 3.63) is 17.0 Å². The lowest BCUT2D eigenvalue weighted by molar-refractivity contribution is -0.136. The zero-order valence-electron chi connectivity index (χ0n) is 10.4. The van der Waals surface area contributed by atoms with E-state index in [0.717, 1.165) is 11.3 Å². The molecule has 0 aliphatic carbocycles. The Morgan fingerprint density at radius 3 is 2.79 bits per heavy atom. The third-order valence-electron chi connectivity index (χ3n) is 2.41. The molecule has 7 heteroatoms. The summed E-state index contributed by atoms with van der Waals surface area (Å²) < 4.78 is 26.7. The zero-order valence-corrected chi connectivity index (χ0v) is 12.1. The summed E-state index contributed by atoms with van der Waals surface area (Å²) in [6.07, 6.45) is 5.91. The Kier molecular flexibility index (Phi) is 5.54. The van der Waals surface area contributed by atoms with Crippen LogP contribution in [-0.4, -0.2) is 25.5 Å². The Labute approximate surface area is 116 Å². The van der Waals surface area contributed by atoms with Gasteiger partial charge in [0.2, 0.25) is 10.0 Å². The van der Waals surface area contributed by atoms with E-state index in [4.69, 9.17) is 11.5 Å². The molecule has 0 radical (unpaired) electrons. The molecule has 1 aromatic rings. The van der Waals surface area contributed by atoms with E-state index >= 15 is 0 Å². The van der Waals surface area contributed by atoms with Crippen LogP contribution >= 0.6 is 11.3 Å². The summed E-state index contributed by atoms with van der Waals surface area (Å²) in [6, 6.07) is 2.61. The Morgan fingerprint density at radius 2 is 2.26 bits per heavy atom. The number of aliphatic carboxylic acids is 1. The van der Waals surface area contributed by atoms with Gasteiger partial charge in [0, 0.05) is 17.3 Å². The molecule has 1 rings (SSSR count). The molecule has 0 aromatic carbocycles. The zero-order chi connectivity index (χ0) is 14.5.